The number of carbonyl (C=O) groups excluding carboxylic acids is 2. The Kier molecular flexibility index (Phi) is 5.58. The zero-order valence-electron chi connectivity index (χ0n) is 12.9. The van der Waals surface area contributed by atoms with Crippen molar-refractivity contribution in [3.05, 3.63) is 28.2 Å². The number of anilines is 1. The molecule has 5 nitrogen and oxygen atoms in total. The van der Waals surface area contributed by atoms with Gasteiger partial charge in [-0.25, -0.2) is 0 Å². The fraction of sp³-hybridized carbons (Fsp3) is 0.500. The molecule has 0 bridgehead atoms. The van der Waals surface area contributed by atoms with E-state index in [1.807, 2.05) is 25.1 Å². The van der Waals surface area contributed by atoms with Gasteiger partial charge in [0.25, 0.3) is 0 Å². The van der Waals surface area contributed by atoms with Crippen molar-refractivity contribution in [1.29, 1.82) is 0 Å². The summed E-state index contributed by atoms with van der Waals surface area (Å²) in [4.78, 5) is 24.6. The van der Waals surface area contributed by atoms with Crippen LogP contribution in [0.3, 0.4) is 0 Å². The molecule has 0 unspecified atom stereocenters. The Morgan fingerprint density at radius 1 is 1.32 bits per heavy atom. The highest BCUT2D eigenvalue weighted by atomic mass is 79.9. The second-order valence-corrected chi connectivity index (χ2v) is 6.46. The van der Waals surface area contributed by atoms with Gasteiger partial charge in [-0.1, -0.05) is 15.9 Å². The summed E-state index contributed by atoms with van der Waals surface area (Å²) >= 11 is 3.42. The van der Waals surface area contributed by atoms with Crippen molar-refractivity contribution < 1.29 is 14.3 Å². The van der Waals surface area contributed by atoms with Gasteiger partial charge >= 0.3 is 0 Å². The van der Waals surface area contributed by atoms with Gasteiger partial charge in [0.15, 0.2) is 0 Å². The third-order valence-electron chi connectivity index (χ3n) is 3.85. The number of hydrogen-bond donors (Lipinski definition) is 2. The summed E-state index contributed by atoms with van der Waals surface area (Å²) in [5.74, 6) is -0.409. The lowest BCUT2D eigenvalue weighted by atomic mass is 10.0. The molecular formula is C16H21BrN2O3. The summed E-state index contributed by atoms with van der Waals surface area (Å²) in [6, 6.07) is 5.59. The Balaban J connectivity index is 1.93. The zero-order valence-corrected chi connectivity index (χ0v) is 14.5. The SMILES string of the molecule is COCCCNC(=O)C1(C(=O)Nc2ccc(Br)c(C)c2)CC1. The average molecular weight is 369 g/mol. The van der Waals surface area contributed by atoms with Crippen LogP contribution in [0.5, 0.6) is 0 Å². The van der Waals surface area contributed by atoms with E-state index in [1.54, 1.807) is 7.11 Å². The largest absolute Gasteiger partial charge is 0.385 e. The first kappa shape index (κ1) is 17.0. The van der Waals surface area contributed by atoms with E-state index in [1.165, 1.54) is 0 Å². The molecule has 1 aromatic carbocycles. The smallest absolute Gasteiger partial charge is 0.240 e. The number of aryl methyl sites for hydroxylation is 1. The summed E-state index contributed by atoms with van der Waals surface area (Å²) in [7, 11) is 1.62. The van der Waals surface area contributed by atoms with Crippen LogP contribution in [0.4, 0.5) is 5.69 Å². The molecule has 1 aromatic rings. The first-order valence-electron chi connectivity index (χ1n) is 7.34. The number of hydrogen-bond acceptors (Lipinski definition) is 3. The van der Waals surface area contributed by atoms with Crippen LogP contribution in [0.2, 0.25) is 0 Å². The number of rotatable bonds is 7. The van der Waals surface area contributed by atoms with Crippen molar-refractivity contribution in [3.8, 4) is 0 Å². The summed E-state index contributed by atoms with van der Waals surface area (Å²) in [6.07, 6.45) is 1.95. The predicted molar refractivity (Wildman–Crippen MR) is 88.7 cm³/mol. The van der Waals surface area contributed by atoms with Crippen molar-refractivity contribution >= 4 is 33.4 Å². The second kappa shape index (κ2) is 7.24. The Hall–Kier alpha value is -1.40. The van der Waals surface area contributed by atoms with Crippen LogP contribution in [0.25, 0.3) is 0 Å². The van der Waals surface area contributed by atoms with Gasteiger partial charge in [0.05, 0.1) is 0 Å². The van der Waals surface area contributed by atoms with Crippen molar-refractivity contribution in [2.75, 3.05) is 25.6 Å². The van der Waals surface area contributed by atoms with E-state index in [4.69, 9.17) is 4.74 Å². The van der Waals surface area contributed by atoms with Gasteiger partial charge in [0.1, 0.15) is 5.41 Å². The molecule has 6 heteroatoms. The normalized spacial score (nSPS) is 15.2. The number of carbonyl (C=O) groups is 2. The highest BCUT2D eigenvalue weighted by molar-refractivity contribution is 9.10. The lowest BCUT2D eigenvalue weighted by Crippen LogP contribution is -2.40. The Morgan fingerprint density at radius 3 is 2.64 bits per heavy atom. The first-order valence-corrected chi connectivity index (χ1v) is 8.14. The minimum atomic E-state index is -0.895. The lowest BCUT2D eigenvalue weighted by Gasteiger charge is -2.16. The van der Waals surface area contributed by atoms with Crippen LogP contribution in [0.1, 0.15) is 24.8 Å². The molecule has 2 rings (SSSR count). The van der Waals surface area contributed by atoms with E-state index in [0.29, 0.717) is 31.7 Å². The first-order chi connectivity index (χ1) is 10.5. The molecule has 0 atom stereocenters. The van der Waals surface area contributed by atoms with Crippen molar-refractivity contribution in [2.24, 2.45) is 5.41 Å². The van der Waals surface area contributed by atoms with E-state index in [9.17, 15) is 9.59 Å². The van der Waals surface area contributed by atoms with Crippen LogP contribution >= 0.6 is 15.9 Å². The van der Waals surface area contributed by atoms with Gasteiger partial charge in [0, 0.05) is 30.4 Å². The van der Waals surface area contributed by atoms with E-state index >= 15 is 0 Å². The second-order valence-electron chi connectivity index (χ2n) is 5.60. The van der Waals surface area contributed by atoms with Gasteiger partial charge in [0.2, 0.25) is 11.8 Å². The van der Waals surface area contributed by atoms with Gasteiger partial charge < -0.3 is 15.4 Å². The maximum Gasteiger partial charge on any atom is 0.240 e. The molecule has 22 heavy (non-hydrogen) atoms. The third-order valence-corrected chi connectivity index (χ3v) is 4.74. The minimum absolute atomic E-state index is 0.185. The fourth-order valence-electron chi connectivity index (χ4n) is 2.24. The van der Waals surface area contributed by atoms with Crippen molar-refractivity contribution in [3.63, 3.8) is 0 Å². The number of nitrogens with one attached hydrogen (secondary N) is 2. The fourth-order valence-corrected chi connectivity index (χ4v) is 2.49. The van der Waals surface area contributed by atoms with Crippen molar-refractivity contribution in [1.82, 2.24) is 5.32 Å². The molecule has 0 heterocycles. The number of halogens is 1. The lowest BCUT2D eigenvalue weighted by molar-refractivity contribution is -0.134. The number of ether oxygens (including phenoxy) is 1. The molecule has 1 fully saturated rings. The van der Waals surface area contributed by atoms with E-state index in [0.717, 1.165) is 16.5 Å². The topological polar surface area (TPSA) is 67.4 Å². The molecule has 0 radical (unpaired) electrons. The maximum absolute atomic E-state index is 12.4. The molecular weight excluding hydrogens is 348 g/mol. The highest BCUT2D eigenvalue weighted by Gasteiger charge is 2.56. The zero-order chi connectivity index (χ0) is 16.2. The maximum atomic E-state index is 12.4. The average Bonchev–Trinajstić information content (AvgIpc) is 3.29. The van der Waals surface area contributed by atoms with E-state index < -0.39 is 5.41 Å². The summed E-state index contributed by atoms with van der Waals surface area (Å²) in [6.45, 7) is 3.08. The number of methoxy groups -OCH3 is 1. The van der Waals surface area contributed by atoms with Gasteiger partial charge in [-0.15, -0.1) is 0 Å². The molecule has 0 aliphatic heterocycles. The molecule has 2 N–H and O–H groups in total. The molecule has 0 aromatic heterocycles. The van der Waals surface area contributed by atoms with E-state index in [-0.39, 0.29) is 11.8 Å². The standard InChI is InChI=1S/C16H21BrN2O3/c1-11-10-12(4-5-13(11)17)19-15(21)16(6-7-16)14(20)18-8-3-9-22-2/h4-5,10H,3,6-9H2,1-2H3,(H,18,20)(H,19,21). The highest BCUT2D eigenvalue weighted by Crippen LogP contribution is 2.46. The molecule has 1 saturated carbocycles. The number of amides is 2. The van der Waals surface area contributed by atoms with Gasteiger partial charge in [-0.05, 0) is 49.9 Å². The minimum Gasteiger partial charge on any atom is -0.385 e. The quantitative estimate of drug-likeness (QED) is 0.574. The molecule has 120 valence electrons. The van der Waals surface area contributed by atoms with Gasteiger partial charge in [-0.2, -0.15) is 0 Å². The Labute approximate surface area is 138 Å². The van der Waals surface area contributed by atoms with E-state index in [2.05, 4.69) is 26.6 Å². The summed E-state index contributed by atoms with van der Waals surface area (Å²) in [5, 5.41) is 5.67. The predicted octanol–water partition coefficient (Wildman–Crippen LogP) is 2.63. The van der Waals surface area contributed by atoms with Crippen molar-refractivity contribution in [2.45, 2.75) is 26.2 Å². The summed E-state index contributed by atoms with van der Waals surface area (Å²) in [5.41, 5.74) is 0.851. The molecule has 0 spiro atoms. The molecule has 1 aliphatic rings. The number of benzene rings is 1. The van der Waals surface area contributed by atoms with Crippen LogP contribution in [-0.4, -0.2) is 32.1 Å². The van der Waals surface area contributed by atoms with Crippen LogP contribution in [0.15, 0.2) is 22.7 Å². The van der Waals surface area contributed by atoms with Crippen LogP contribution in [0, 0.1) is 12.3 Å². The van der Waals surface area contributed by atoms with Gasteiger partial charge in [-0.3, -0.25) is 9.59 Å². The Bertz CT molecular complexity index is 571. The third kappa shape index (κ3) is 3.87. The molecule has 1 aliphatic carbocycles. The van der Waals surface area contributed by atoms with Crippen LogP contribution in [-0.2, 0) is 14.3 Å². The molecule has 0 saturated heterocycles. The Morgan fingerprint density at radius 2 is 2.05 bits per heavy atom. The monoisotopic (exact) mass is 368 g/mol. The molecule has 2 amide bonds. The van der Waals surface area contributed by atoms with Crippen LogP contribution < -0.4 is 10.6 Å². The summed E-state index contributed by atoms with van der Waals surface area (Å²) < 4.78 is 5.93.